The van der Waals surface area contributed by atoms with Crippen molar-refractivity contribution in [1.82, 2.24) is 10.2 Å². The van der Waals surface area contributed by atoms with E-state index < -0.39 is 0 Å². The Hall–Kier alpha value is -0.970. The largest absolute Gasteiger partial charge is 0.489 e. The molecule has 5 heteroatoms. The van der Waals surface area contributed by atoms with Gasteiger partial charge in [-0.05, 0) is 31.5 Å². The highest BCUT2D eigenvalue weighted by molar-refractivity contribution is 6.32. The average molecular weight is 311 g/mol. The molecule has 21 heavy (non-hydrogen) atoms. The Morgan fingerprint density at radius 2 is 2.10 bits per heavy atom. The Labute approximate surface area is 131 Å². The summed E-state index contributed by atoms with van der Waals surface area (Å²) in [5, 5.41) is 4.16. The first-order valence-corrected chi connectivity index (χ1v) is 8.06. The Bertz CT molecular complexity index is 509. The first-order valence-electron chi connectivity index (χ1n) is 7.69. The fraction of sp³-hybridized carbons (Fsp3) is 0.625. The van der Waals surface area contributed by atoms with Gasteiger partial charge in [0, 0.05) is 38.1 Å². The molecule has 1 aromatic rings. The summed E-state index contributed by atoms with van der Waals surface area (Å²) in [5.41, 5.74) is 1.19. The van der Waals surface area contributed by atoms with Gasteiger partial charge in [0.25, 0.3) is 0 Å². The lowest BCUT2D eigenvalue weighted by molar-refractivity contribution is 0.138. The van der Waals surface area contributed by atoms with E-state index in [2.05, 4.69) is 30.1 Å². The zero-order chi connectivity index (χ0) is 14.8. The molecule has 2 heterocycles. The second kappa shape index (κ2) is 6.42. The quantitative estimate of drug-likeness (QED) is 0.910. The lowest BCUT2D eigenvalue weighted by Gasteiger charge is -2.37. The number of piperazine rings is 1. The number of benzene rings is 1. The topological polar surface area (TPSA) is 33.7 Å². The molecule has 0 bridgehead atoms. The minimum atomic E-state index is 0.524. The van der Waals surface area contributed by atoms with Crippen LogP contribution in [0.25, 0.3) is 0 Å². The van der Waals surface area contributed by atoms with Crippen molar-refractivity contribution in [2.45, 2.75) is 38.9 Å². The van der Waals surface area contributed by atoms with E-state index in [-0.39, 0.29) is 0 Å². The summed E-state index contributed by atoms with van der Waals surface area (Å²) in [4.78, 5) is 2.48. The van der Waals surface area contributed by atoms with Crippen molar-refractivity contribution in [2.24, 2.45) is 0 Å². The summed E-state index contributed by atoms with van der Waals surface area (Å²) in [5.74, 6) is 1.48. The van der Waals surface area contributed by atoms with E-state index >= 15 is 0 Å². The van der Waals surface area contributed by atoms with Gasteiger partial charge in [-0.1, -0.05) is 11.6 Å². The van der Waals surface area contributed by atoms with Crippen molar-refractivity contribution in [3.8, 4) is 11.5 Å². The highest BCUT2D eigenvalue weighted by Crippen LogP contribution is 2.38. The first-order chi connectivity index (χ1) is 10.1. The van der Waals surface area contributed by atoms with Crippen molar-refractivity contribution < 1.29 is 9.47 Å². The maximum absolute atomic E-state index is 6.37. The maximum atomic E-state index is 6.37. The van der Waals surface area contributed by atoms with Gasteiger partial charge in [0.05, 0.1) is 18.2 Å². The van der Waals surface area contributed by atoms with E-state index in [0.29, 0.717) is 36.1 Å². The minimum Gasteiger partial charge on any atom is -0.489 e. The van der Waals surface area contributed by atoms with Crippen LogP contribution in [0.2, 0.25) is 5.02 Å². The number of hydrogen-bond donors (Lipinski definition) is 1. The average Bonchev–Trinajstić information content (AvgIpc) is 2.68. The highest BCUT2D eigenvalue weighted by atomic mass is 35.5. The van der Waals surface area contributed by atoms with Gasteiger partial charge in [0.15, 0.2) is 11.5 Å². The summed E-state index contributed by atoms with van der Waals surface area (Å²) in [7, 11) is 0. The standard InChI is InChI=1S/C16H23ClN2O2/c1-11-9-19(12(2)8-18-11)10-13-6-14(17)16-15(7-13)20-4-3-5-21-16/h6-7,11-12,18H,3-5,8-10H2,1-2H3. The summed E-state index contributed by atoms with van der Waals surface area (Å²) < 4.78 is 11.4. The molecule has 0 aromatic heterocycles. The number of rotatable bonds is 2. The maximum Gasteiger partial charge on any atom is 0.179 e. The van der Waals surface area contributed by atoms with Crippen LogP contribution in [-0.2, 0) is 6.54 Å². The number of halogens is 1. The molecule has 1 aromatic carbocycles. The van der Waals surface area contributed by atoms with Gasteiger partial charge in [-0.25, -0.2) is 0 Å². The van der Waals surface area contributed by atoms with E-state index in [1.165, 1.54) is 5.56 Å². The molecule has 1 fully saturated rings. The fourth-order valence-electron chi connectivity index (χ4n) is 2.93. The van der Waals surface area contributed by atoms with Gasteiger partial charge in [-0.3, -0.25) is 4.90 Å². The molecular formula is C16H23ClN2O2. The zero-order valence-electron chi connectivity index (χ0n) is 12.7. The predicted octanol–water partition coefficient (Wildman–Crippen LogP) is 2.68. The van der Waals surface area contributed by atoms with E-state index in [9.17, 15) is 0 Å². The molecule has 1 saturated heterocycles. The summed E-state index contributed by atoms with van der Waals surface area (Å²) in [6, 6.07) is 5.13. The van der Waals surface area contributed by atoms with Gasteiger partial charge >= 0.3 is 0 Å². The van der Waals surface area contributed by atoms with Crippen LogP contribution in [-0.4, -0.2) is 43.3 Å². The van der Waals surface area contributed by atoms with Crippen molar-refractivity contribution in [3.63, 3.8) is 0 Å². The number of nitrogens with one attached hydrogen (secondary N) is 1. The summed E-state index contributed by atoms with van der Waals surface area (Å²) >= 11 is 6.37. The molecule has 0 spiro atoms. The third kappa shape index (κ3) is 3.44. The normalized spacial score (nSPS) is 26.4. The third-order valence-corrected chi connectivity index (χ3v) is 4.42. The Morgan fingerprint density at radius 3 is 2.95 bits per heavy atom. The van der Waals surface area contributed by atoms with Gasteiger partial charge in [0.2, 0.25) is 0 Å². The molecule has 4 nitrogen and oxygen atoms in total. The van der Waals surface area contributed by atoms with E-state index in [4.69, 9.17) is 21.1 Å². The molecule has 3 rings (SSSR count). The molecule has 0 aliphatic carbocycles. The van der Waals surface area contributed by atoms with E-state index in [1.54, 1.807) is 0 Å². The van der Waals surface area contributed by atoms with Gasteiger partial charge < -0.3 is 14.8 Å². The van der Waals surface area contributed by atoms with Crippen LogP contribution >= 0.6 is 11.6 Å². The van der Waals surface area contributed by atoms with Gasteiger partial charge in [0.1, 0.15) is 0 Å². The minimum absolute atomic E-state index is 0.524. The first kappa shape index (κ1) is 14.9. The Balaban J connectivity index is 1.79. The van der Waals surface area contributed by atoms with Crippen molar-refractivity contribution in [3.05, 3.63) is 22.7 Å². The SMILES string of the molecule is CC1CN(Cc2cc(Cl)c3c(c2)OCCCO3)C(C)CN1. The lowest BCUT2D eigenvalue weighted by atomic mass is 10.1. The molecule has 2 atom stereocenters. The molecule has 116 valence electrons. The second-order valence-corrected chi connectivity index (χ2v) is 6.45. The number of nitrogens with zero attached hydrogens (tertiary/aromatic N) is 1. The molecule has 2 aliphatic rings. The van der Waals surface area contributed by atoms with Crippen LogP contribution in [0.3, 0.4) is 0 Å². The Kier molecular flexibility index (Phi) is 4.57. The molecular weight excluding hydrogens is 288 g/mol. The summed E-state index contributed by atoms with van der Waals surface area (Å²) in [6.45, 7) is 8.80. The van der Waals surface area contributed by atoms with Crippen molar-refractivity contribution >= 4 is 11.6 Å². The van der Waals surface area contributed by atoms with Crippen LogP contribution in [0, 0.1) is 0 Å². The molecule has 0 amide bonds. The smallest absolute Gasteiger partial charge is 0.179 e. The molecule has 2 unspecified atom stereocenters. The summed E-state index contributed by atoms with van der Waals surface area (Å²) in [6.07, 6.45) is 0.896. The highest BCUT2D eigenvalue weighted by Gasteiger charge is 2.23. The van der Waals surface area contributed by atoms with Crippen LogP contribution in [0.15, 0.2) is 12.1 Å². The number of fused-ring (bicyclic) bond motifs is 1. The molecule has 0 radical (unpaired) electrons. The van der Waals surface area contributed by atoms with Crippen LogP contribution in [0.4, 0.5) is 0 Å². The van der Waals surface area contributed by atoms with E-state index in [1.807, 2.05) is 6.07 Å². The third-order valence-electron chi connectivity index (χ3n) is 4.14. The van der Waals surface area contributed by atoms with Gasteiger partial charge in [-0.2, -0.15) is 0 Å². The molecule has 0 saturated carbocycles. The van der Waals surface area contributed by atoms with Crippen LogP contribution in [0.5, 0.6) is 11.5 Å². The van der Waals surface area contributed by atoms with Crippen LogP contribution in [0.1, 0.15) is 25.8 Å². The van der Waals surface area contributed by atoms with Crippen molar-refractivity contribution in [2.75, 3.05) is 26.3 Å². The molecule has 2 aliphatic heterocycles. The van der Waals surface area contributed by atoms with Crippen LogP contribution < -0.4 is 14.8 Å². The van der Waals surface area contributed by atoms with E-state index in [0.717, 1.165) is 31.8 Å². The predicted molar refractivity (Wildman–Crippen MR) is 84.4 cm³/mol. The number of ether oxygens (including phenoxy) is 2. The van der Waals surface area contributed by atoms with Crippen molar-refractivity contribution in [1.29, 1.82) is 0 Å². The fourth-order valence-corrected chi connectivity index (χ4v) is 3.22. The zero-order valence-corrected chi connectivity index (χ0v) is 13.4. The van der Waals surface area contributed by atoms with Gasteiger partial charge in [-0.15, -0.1) is 0 Å². The molecule has 1 N–H and O–H groups in total. The number of hydrogen-bond acceptors (Lipinski definition) is 4. The monoisotopic (exact) mass is 310 g/mol. The lowest BCUT2D eigenvalue weighted by Crippen LogP contribution is -2.53. The Morgan fingerprint density at radius 1 is 1.29 bits per heavy atom. The second-order valence-electron chi connectivity index (χ2n) is 6.04.